The van der Waals surface area contributed by atoms with Crippen molar-refractivity contribution in [1.29, 1.82) is 0 Å². The number of carbonyl (C=O) groups is 1. The van der Waals surface area contributed by atoms with E-state index in [1.807, 2.05) is 42.8 Å². The highest BCUT2D eigenvalue weighted by atomic mass is 32.2. The van der Waals surface area contributed by atoms with Gasteiger partial charge in [-0.15, -0.1) is 10.2 Å². The van der Waals surface area contributed by atoms with Crippen LogP contribution in [0.4, 0.5) is 10.1 Å². The van der Waals surface area contributed by atoms with E-state index in [0.29, 0.717) is 23.0 Å². The fraction of sp³-hybridized carbons (Fsp3) is 0.211. The van der Waals surface area contributed by atoms with Gasteiger partial charge in [-0.25, -0.2) is 4.39 Å². The number of hydrogen-bond donors (Lipinski definition) is 1. The number of carbonyl (C=O) groups excluding carboxylic acids is 1. The molecule has 134 valence electrons. The minimum Gasteiger partial charge on any atom is -0.378 e. The normalized spacial score (nSPS) is 10.7. The average Bonchev–Trinajstić information content (AvgIpc) is 3.00. The van der Waals surface area contributed by atoms with E-state index in [2.05, 4.69) is 15.5 Å². The Morgan fingerprint density at radius 1 is 1.12 bits per heavy atom. The van der Waals surface area contributed by atoms with Gasteiger partial charge in [-0.1, -0.05) is 41.6 Å². The molecule has 5 nitrogen and oxygen atoms in total. The zero-order valence-corrected chi connectivity index (χ0v) is 15.4. The molecular formula is C19H19FN4OS. The van der Waals surface area contributed by atoms with Crippen LogP contribution in [-0.4, -0.2) is 26.3 Å². The largest absolute Gasteiger partial charge is 0.378 e. The number of ketones is 1. The molecule has 0 bridgehead atoms. The monoisotopic (exact) mass is 370 g/mol. The van der Waals surface area contributed by atoms with Crippen molar-refractivity contribution in [2.24, 2.45) is 7.05 Å². The predicted molar refractivity (Wildman–Crippen MR) is 101 cm³/mol. The summed E-state index contributed by atoms with van der Waals surface area (Å²) in [5.74, 6) is 0.829. The number of aryl methyl sites for hydroxylation is 1. The Morgan fingerprint density at radius 2 is 1.81 bits per heavy atom. The summed E-state index contributed by atoms with van der Waals surface area (Å²) >= 11 is 1.36. The maximum Gasteiger partial charge on any atom is 0.191 e. The van der Waals surface area contributed by atoms with Crippen molar-refractivity contribution >= 4 is 23.2 Å². The molecule has 1 heterocycles. The molecule has 1 N–H and O–H groups in total. The molecule has 1 aromatic heterocycles. The van der Waals surface area contributed by atoms with Crippen LogP contribution in [0.3, 0.4) is 0 Å². The van der Waals surface area contributed by atoms with Crippen molar-refractivity contribution in [3.8, 4) is 0 Å². The molecule has 0 saturated heterocycles. The van der Waals surface area contributed by atoms with Gasteiger partial charge in [-0.3, -0.25) is 4.79 Å². The van der Waals surface area contributed by atoms with Gasteiger partial charge >= 0.3 is 0 Å². The van der Waals surface area contributed by atoms with Gasteiger partial charge in [-0.2, -0.15) is 0 Å². The van der Waals surface area contributed by atoms with Gasteiger partial charge in [0.25, 0.3) is 0 Å². The summed E-state index contributed by atoms with van der Waals surface area (Å²) in [7, 11) is 1.86. The van der Waals surface area contributed by atoms with E-state index in [1.54, 1.807) is 12.1 Å². The minimum atomic E-state index is -0.272. The van der Waals surface area contributed by atoms with Crippen LogP contribution in [0, 0.1) is 12.7 Å². The maximum absolute atomic E-state index is 12.9. The third kappa shape index (κ3) is 4.49. The SMILES string of the molecule is Cc1ccc(C(=O)CSc2nnc(CNc3ccc(F)cc3)n2C)cc1. The number of hydrogen-bond acceptors (Lipinski definition) is 5. The van der Waals surface area contributed by atoms with Gasteiger partial charge in [0.1, 0.15) is 5.82 Å². The van der Waals surface area contributed by atoms with Crippen molar-refractivity contribution in [3.05, 3.63) is 71.3 Å². The summed E-state index contributed by atoms with van der Waals surface area (Å²) in [6.07, 6.45) is 0. The van der Waals surface area contributed by atoms with E-state index >= 15 is 0 Å². The number of nitrogens with one attached hydrogen (secondary N) is 1. The fourth-order valence-electron chi connectivity index (χ4n) is 2.33. The van der Waals surface area contributed by atoms with Crippen molar-refractivity contribution in [2.45, 2.75) is 18.6 Å². The summed E-state index contributed by atoms with van der Waals surface area (Å²) in [4.78, 5) is 12.3. The lowest BCUT2D eigenvalue weighted by Crippen LogP contribution is -2.07. The first-order valence-electron chi connectivity index (χ1n) is 8.13. The first-order valence-corrected chi connectivity index (χ1v) is 9.12. The van der Waals surface area contributed by atoms with E-state index in [1.165, 1.54) is 23.9 Å². The number of aromatic nitrogens is 3. The molecule has 0 unspecified atom stereocenters. The number of benzene rings is 2. The molecule has 0 saturated carbocycles. The number of rotatable bonds is 7. The molecule has 0 atom stereocenters. The molecule has 0 radical (unpaired) electrons. The summed E-state index contributed by atoms with van der Waals surface area (Å²) in [5.41, 5.74) is 2.63. The van der Waals surface area contributed by atoms with Gasteiger partial charge in [0.05, 0.1) is 12.3 Å². The standard InChI is InChI=1S/C19H19FN4OS/c1-13-3-5-14(6-4-13)17(25)12-26-19-23-22-18(24(19)2)11-21-16-9-7-15(20)8-10-16/h3-10,21H,11-12H2,1-2H3. The van der Waals surface area contributed by atoms with Crippen molar-refractivity contribution < 1.29 is 9.18 Å². The lowest BCUT2D eigenvalue weighted by Gasteiger charge is -2.07. The van der Waals surface area contributed by atoms with Crippen LogP contribution < -0.4 is 5.32 Å². The molecule has 2 aromatic carbocycles. The molecule has 7 heteroatoms. The lowest BCUT2D eigenvalue weighted by molar-refractivity contribution is 0.102. The van der Waals surface area contributed by atoms with Crippen molar-refractivity contribution in [1.82, 2.24) is 14.8 Å². The molecule has 0 aliphatic carbocycles. The zero-order chi connectivity index (χ0) is 18.5. The highest BCUT2D eigenvalue weighted by Gasteiger charge is 2.12. The minimum absolute atomic E-state index is 0.0592. The topological polar surface area (TPSA) is 59.8 Å². The number of nitrogens with zero attached hydrogens (tertiary/aromatic N) is 3. The average molecular weight is 370 g/mol. The van der Waals surface area contributed by atoms with Gasteiger partial charge in [0.15, 0.2) is 16.8 Å². The number of halogens is 1. The summed E-state index contributed by atoms with van der Waals surface area (Å²) in [6.45, 7) is 2.45. The quantitative estimate of drug-likeness (QED) is 0.506. The maximum atomic E-state index is 12.9. The van der Waals surface area contributed by atoms with Gasteiger partial charge < -0.3 is 9.88 Å². The molecule has 0 fully saturated rings. The molecule has 0 spiro atoms. The predicted octanol–water partition coefficient (Wildman–Crippen LogP) is 3.85. The fourth-order valence-corrected chi connectivity index (χ4v) is 3.15. The Balaban J connectivity index is 1.57. The smallest absolute Gasteiger partial charge is 0.191 e. The first kappa shape index (κ1) is 18.1. The van der Waals surface area contributed by atoms with Gasteiger partial charge in [-0.05, 0) is 31.2 Å². The molecule has 0 aliphatic rings. The van der Waals surface area contributed by atoms with E-state index in [9.17, 15) is 9.18 Å². The molecule has 0 amide bonds. The van der Waals surface area contributed by atoms with Crippen LogP contribution in [-0.2, 0) is 13.6 Å². The highest BCUT2D eigenvalue weighted by Crippen LogP contribution is 2.18. The van der Waals surface area contributed by atoms with Gasteiger partial charge in [0.2, 0.25) is 0 Å². The zero-order valence-electron chi connectivity index (χ0n) is 14.6. The molecule has 26 heavy (non-hydrogen) atoms. The number of Topliss-reactive ketones (excluding diaryl/α,β-unsaturated/α-hetero) is 1. The van der Waals surface area contributed by atoms with E-state index in [0.717, 1.165) is 17.1 Å². The second-order valence-electron chi connectivity index (χ2n) is 5.90. The molecule has 3 rings (SSSR count). The summed E-state index contributed by atoms with van der Waals surface area (Å²) in [6, 6.07) is 13.7. The van der Waals surface area contributed by atoms with Crippen LogP contribution >= 0.6 is 11.8 Å². The molecule has 0 aliphatic heterocycles. The third-order valence-corrected chi connectivity index (χ3v) is 4.95. The Kier molecular flexibility index (Phi) is 5.68. The van der Waals surface area contributed by atoms with Crippen molar-refractivity contribution in [3.63, 3.8) is 0 Å². The Morgan fingerprint density at radius 3 is 2.50 bits per heavy atom. The van der Waals surface area contributed by atoms with Crippen LogP contribution in [0.15, 0.2) is 53.7 Å². The second-order valence-corrected chi connectivity index (χ2v) is 6.84. The molecular weight excluding hydrogens is 351 g/mol. The van der Waals surface area contributed by atoms with Gasteiger partial charge in [0, 0.05) is 18.3 Å². The Labute approximate surface area is 155 Å². The molecule has 3 aromatic rings. The van der Waals surface area contributed by atoms with Crippen LogP contribution in [0.1, 0.15) is 21.7 Å². The summed E-state index contributed by atoms with van der Waals surface area (Å²) in [5, 5.41) is 12.2. The van der Waals surface area contributed by atoms with E-state index in [4.69, 9.17) is 0 Å². The Bertz CT molecular complexity index is 891. The van der Waals surface area contributed by atoms with Crippen molar-refractivity contribution in [2.75, 3.05) is 11.1 Å². The number of thioether (sulfide) groups is 1. The third-order valence-electron chi connectivity index (χ3n) is 3.93. The van der Waals surface area contributed by atoms with E-state index < -0.39 is 0 Å². The summed E-state index contributed by atoms with van der Waals surface area (Å²) < 4.78 is 14.8. The Hall–Kier alpha value is -2.67. The van der Waals surface area contributed by atoms with Crippen LogP contribution in [0.2, 0.25) is 0 Å². The van der Waals surface area contributed by atoms with Crippen LogP contribution in [0.25, 0.3) is 0 Å². The van der Waals surface area contributed by atoms with Crippen LogP contribution in [0.5, 0.6) is 0 Å². The van der Waals surface area contributed by atoms with E-state index in [-0.39, 0.29) is 11.6 Å². The second kappa shape index (κ2) is 8.14. The first-order chi connectivity index (χ1) is 12.5. The lowest BCUT2D eigenvalue weighted by atomic mass is 10.1. The highest BCUT2D eigenvalue weighted by molar-refractivity contribution is 7.99. The number of anilines is 1.